The summed E-state index contributed by atoms with van der Waals surface area (Å²) in [6.45, 7) is 2.52. The molecule has 2 rings (SSSR count). The summed E-state index contributed by atoms with van der Waals surface area (Å²) in [6, 6.07) is 2.29. The number of amides is 1. The second kappa shape index (κ2) is 7.16. The van der Waals surface area contributed by atoms with E-state index in [1.165, 1.54) is 18.6 Å². The van der Waals surface area contributed by atoms with Gasteiger partial charge in [0.25, 0.3) is 11.5 Å². The molecule has 7 nitrogen and oxygen atoms in total. The third kappa shape index (κ3) is 4.14. The van der Waals surface area contributed by atoms with E-state index in [2.05, 4.69) is 20.4 Å². The Morgan fingerprint density at radius 2 is 2.15 bits per heavy atom. The van der Waals surface area contributed by atoms with E-state index >= 15 is 0 Å². The number of rotatable bonds is 5. The molecular formula is C13H20N4O3. The van der Waals surface area contributed by atoms with Gasteiger partial charge in [0, 0.05) is 12.6 Å². The van der Waals surface area contributed by atoms with Gasteiger partial charge >= 0.3 is 0 Å². The van der Waals surface area contributed by atoms with Gasteiger partial charge in [-0.15, -0.1) is 0 Å². The first-order chi connectivity index (χ1) is 9.69. The molecule has 3 N–H and O–H groups in total. The summed E-state index contributed by atoms with van der Waals surface area (Å²) in [5.41, 5.74) is -0.213. The highest BCUT2D eigenvalue weighted by Gasteiger charge is 2.18. The van der Waals surface area contributed by atoms with Crippen LogP contribution in [-0.2, 0) is 0 Å². The number of carbonyl (C=O) groups excluding carboxylic acids is 1. The SMILES string of the molecule is O=C(NC(CO)CN1CCCCC1)c1ccc(=O)[nH]n1. The maximum absolute atomic E-state index is 11.9. The van der Waals surface area contributed by atoms with E-state index in [1.807, 2.05) is 0 Å². The Kier molecular flexibility index (Phi) is 5.25. The maximum atomic E-state index is 11.9. The lowest BCUT2D eigenvalue weighted by atomic mass is 10.1. The van der Waals surface area contributed by atoms with Crippen LogP contribution >= 0.6 is 0 Å². The Morgan fingerprint density at radius 3 is 2.75 bits per heavy atom. The molecule has 1 saturated heterocycles. The fraction of sp³-hybridized carbons (Fsp3) is 0.615. The number of nitrogens with one attached hydrogen (secondary N) is 2. The Hall–Kier alpha value is -1.73. The minimum atomic E-state index is -0.391. The first-order valence-corrected chi connectivity index (χ1v) is 6.89. The third-order valence-corrected chi connectivity index (χ3v) is 3.39. The summed E-state index contributed by atoms with van der Waals surface area (Å²) in [5, 5.41) is 18.0. The van der Waals surface area contributed by atoms with Gasteiger partial charge in [-0.05, 0) is 32.0 Å². The number of aliphatic hydroxyl groups excluding tert-OH is 1. The number of H-pyrrole nitrogens is 1. The Morgan fingerprint density at radius 1 is 1.40 bits per heavy atom. The zero-order valence-electron chi connectivity index (χ0n) is 11.3. The first-order valence-electron chi connectivity index (χ1n) is 6.89. The standard InChI is InChI=1S/C13H20N4O3/c18-9-10(8-17-6-2-1-3-7-17)14-13(20)11-4-5-12(19)16-15-11/h4-5,10,18H,1-3,6-9H2,(H,14,20)(H,16,19). The second-order valence-electron chi connectivity index (χ2n) is 5.02. The molecular weight excluding hydrogens is 260 g/mol. The lowest BCUT2D eigenvalue weighted by Crippen LogP contribution is -2.47. The van der Waals surface area contributed by atoms with Gasteiger partial charge in [-0.3, -0.25) is 9.59 Å². The molecule has 1 aromatic rings. The molecule has 1 fully saturated rings. The maximum Gasteiger partial charge on any atom is 0.272 e. The van der Waals surface area contributed by atoms with Gasteiger partial charge in [0.1, 0.15) is 5.69 Å². The number of piperidine rings is 1. The monoisotopic (exact) mass is 280 g/mol. The van der Waals surface area contributed by atoms with Crippen molar-refractivity contribution in [3.8, 4) is 0 Å². The van der Waals surface area contributed by atoms with Crippen molar-refractivity contribution in [1.29, 1.82) is 0 Å². The molecule has 0 radical (unpaired) electrons. The second-order valence-corrected chi connectivity index (χ2v) is 5.02. The summed E-state index contributed by atoms with van der Waals surface area (Å²) in [7, 11) is 0. The molecule has 2 heterocycles. The van der Waals surface area contributed by atoms with Crippen LogP contribution in [0.3, 0.4) is 0 Å². The van der Waals surface area contributed by atoms with Crippen LogP contribution in [0.15, 0.2) is 16.9 Å². The zero-order chi connectivity index (χ0) is 14.4. The Labute approximate surface area is 117 Å². The van der Waals surface area contributed by atoms with E-state index in [9.17, 15) is 14.7 Å². The molecule has 110 valence electrons. The van der Waals surface area contributed by atoms with Crippen LogP contribution in [-0.4, -0.2) is 58.4 Å². The Bertz CT molecular complexity index is 476. The molecule has 0 aromatic carbocycles. The number of aromatic nitrogens is 2. The summed E-state index contributed by atoms with van der Waals surface area (Å²) in [5.74, 6) is -0.391. The predicted octanol–water partition coefficient (Wildman–Crippen LogP) is -0.654. The summed E-state index contributed by atoms with van der Waals surface area (Å²) in [6.07, 6.45) is 3.56. The molecule has 7 heteroatoms. The largest absolute Gasteiger partial charge is 0.394 e. The molecule has 1 aromatic heterocycles. The number of nitrogens with zero attached hydrogens (tertiary/aromatic N) is 2. The van der Waals surface area contributed by atoms with Crippen molar-refractivity contribution in [2.75, 3.05) is 26.2 Å². The average molecular weight is 280 g/mol. The highest BCUT2D eigenvalue weighted by molar-refractivity contribution is 5.92. The van der Waals surface area contributed by atoms with Gasteiger partial charge in [-0.2, -0.15) is 5.10 Å². The average Bonchev–Trinajstić information content (AvgIpc) is 2.48. The lowest BCUT2D eigenvalue weighted by molar-refractivity contribution is 0.0880. The van der Waals surface area contributed by atoms with Crippen molar-refractivity contribution in [2.45, 2.75) is 25.3 Å². The van der Waals surface area contributed by atoms with Gasteiger partial charge in [0.15, 0.2) is 0 Å². The van der Waals surface area contributed by atoms with E-state index < -0.39 is 5.91 Å². The van der Waals surface area contributed by atoms with Gasteiger partial charge in [-0.1, -0.05) is 6.42 Å². The number of hydrogen-bond acceptors (Lipinski definition) is 5. The van der Waals surface area contributed by atoms with Crippen LogP contribution in [0.5, 0.6) is 0 Å². The van der Waals surface area contributed by atoms with E-state index in [0.717, 1.165) is 25.9 Å². The zero-order valence-corrected chi connectivity index (χ0v) is 11.3. The molecule has 1 atom stereocenters. The van der Waals surface area contributed by atoms with Crippen LogP contribution in [0.1, 0.15) is 29.8 Å². The topological polar surface area (TPSA) is 98.3 Å². The number of aromatic amines is 1. The van der Waals surface area contributed by atoms with Crippen molar-refractivity contribution >= 4 is 5.91 Å². The number of aliphatic hydroxyl groups is 1. The molecule has 1 aliphatic rings. The smallest absolute Gasteiger partial charge is 0.272 e. The number of likely N-dealkylation sites (tertiary alicyclic amines) is 1. The van der Waals surface area contributed by atoms with Crippen LogP contribution < -0.4 is 10.9 Å². The van der Waals surface area contributed by atoms with E-state index in [4.69, 9.17) is 0 Å². The van der Waals surface area contributed by atoms with E-state index in [-0.39, 0.29) is 23.9 Å². The predicted molar refractivity (Wildman–Crippen MR) is 73.5 cm³/mol. The van der Waals surface area contributed by atoms with Gasteiger partial charge in [-0.25, -0.2) is 5.10 Å². The van der Waals surface area contributed by atoms with Gasteiger partial charge in [0.05, 0.1) is 12.6 Å². The number of hydrogen-bond donors (Lipinski definition) is 3. The first kappa shape index (κ1) is 14.7. The van der Waals surface area contributed by atoms with Crippen LogP contribution in [0.4, 0.5) is 0 Å². The van der Waals surface area contributed by atoms with Crippen molar-refractivity contribution in [3.63, 3.8) is 0 Å². The quantitative estimate of drug-likeness (QED) is 0.665. The summed E-state index contributed by atoms with van der Waals surface area (Å²) >= 11 is 0. The van der Waals surface area contributed by atoms with Crippen LogP contribution in [0.2, 0.25) is 0 Å². The molecule has 0 saturated carbocycles. The Balaban J connectivity index is 1.89. The van der Waals surface area contributed by atoms with Crippen molar-refractivity contribution < 1.29 is 9.90 Å². The molecule has 1 aliphatic heterocycles. The van der Waals surface area contributed by atoms with Crippen LogP contribution in [0, 0.1) is 0 Å². The third-order valence-electron chi connectivity index (χ3n) is 3.39. The normalized spacial score (nSPS) is 17.6. The molecule has 1 amide bonds. The highest BCUT2D eigenvalue weighted by Crippen LogP contribution is 2.08. The fourth-order valence-electron chi connectivity index (χ4n) is 2.33. The molecule has 0 spiro atoms. The molecule has 0 aliphatic carbocycles. The van der Waals surface area contributed by atoms with E-state index in [1.54, 1.807) is 0 Å². The molecule has 1 unspecified atom stereocenters. The minimum absolute atomic E-state index is 0.119. The lowest BCUT2D eigenvalue weighted by Gasteiger charge is -2.30. The molecule has 20 heavy (non-hydrogen) atoms. The van der Waals surface area contributed by atoms with Crippen molar-refractivity contribution in [2.24, 2.45) is 0 Å². The van der Waals surface area contributed by atoms with Crippen molar-refractivity contribution in [1.82, 2.24) is 20.4 Å². The highest BCUT2D eigenvalue weighted by atomic mass is 16.3. The summed E-state index contributed by atoms with van der Waals surface area (Å²) in [4.78, 5) is 25.1. The number of carbonyl (C=O) groups is 1. The minimum Gasteiger partial charge on any atom is -0.394 e. The molecule has 0 bridgehead atoms. The fourth-order valence-corrected chi connectivity index (χ4v) is 2.33. The van der Waals surface area contributed by atoms with E-state index in [0.29, 0.717) is 6.54 Å². The van der Waals surface area contributed by atoms with Gasteiger partial charge in [0.2, 0.25) is 0 Å². The summed E-state index contributed by atoms with van der Waals surface area (Å²) < 4.78 is 0. The van der Waals surface area contributed by atoms with Gasteiger partial charge < -0.3 is 15.3 Å². The van der Waals surface area contributed by atoms with Crippen LogP contribution in [0.25, 0.3) is 0 Å². The van der Waals surface area contributed by atoms with Crippen molar-refractivity contribution in [3.05, 3.63) is 28.2 Å².